The molecule has 2 atom stereocenters. The van der Waals surface area contributed by atoms with Crippen molar-refractivity contribution in [2.75, 3.05) is 13.7 Å². The Bertz CT molecular complexity index is 1030. The number of carbonyl (C=O) groups is 1. The van der Waals surface area contributed by atoms with E-state index >= 15 is 0 Å². The Labute approximate surface area is 174 Å². The molecule has 1 saturated heterocycles. The van der Waals surface area contributed by atoms with Gasteiger partial charge in [-0.05, 0) is 60.8 Å². The van der Waals surface area contributed by atoms with Gasteiger partial charge in [0.05, 0.1) is 37.1 Å². The van der Waals surface area contributed by atoms with Crippen molar-refractivity contribution in [3.63, 3.8) is 0 Å². The number of Topliss-reactive ketones (excluding diaryl/α,β-unsaturated/α-hetero) is 1. The minimum atomic E-state index is -0.461. The fraction of sp³-hybridized carbons (Fsp3) is 0.364. The van der Waals surface area contributed by atoms with E-state index < -0.39 is 6.10 Å². The molecule has 3 aromatic rings. The van der Waals surface area contributed by atoms with Crippen LogP contribution in [0.2, 0.25) is 5.02 Å². The number of ether oxygens (including phenoxy) is 1. The summed E-state index contributed by atoms with van der Waals surface area (Å²) in [5.41, 5.74) is 3.61. The SMILES string of the molecule is COc1cc(Cl)cc(-c2ccc3ncn(CC(=O)C[C@H]4NCCC[C@@H]4O)c3c2)c1. The molecule has 6 nitrogen and oxygen atoms in total. The maximum Gasteiger partial charge on any atom is 0.154 e. The van der Waals surface area contributed by atoms with Gasteiger partial charge in [0.15, 0.2) is 5.78 Å². The molecule has 0 aliphatic carbocycles. The first kappa shape index (κ1) is 19.9. The van der Waals surface area contributed by atoms with Crippen LogP contribution in [0.3, 0.4) is 0 Å². The van der Waals surface area contributed by atoms with E-state index in [0.717, 1.165) is 41.5 Å². The molecule has 29 heavy (non-hydrogen) atoms. The average Bonchev–Trinajstić information content (AvgIpc) is 3.11. The van der Waals surface area contributed by atoms with Crippen LogP contribution in [0.4, 0.5) is 0 Å². The molecule has 2 aromatic carbocycles. The van der Waals surface area contributed by atoms with Crippen LogP contribution in [0.1, 0.15) is 19.3 Å². The molecule has 0 saturated carbocycles. The van der Waals surface area contributed by atoms with Gasteiger partial charge in [0, 0.05) is 17.5 Å². The van der Waals surface area contributed by atoms with Crippen molar-refractivity contribution >= 4 is 28.4 Å². The number of rotatable bonds is 6. The maximum atomic E-state index is 12.6. The lowest BCUT2D eigenvalue weighted by Crippen LogP contribution is -2.46. The number of nitrogens with one attached hydrogen (secondary N) is 1. The van der Waals surface area contributed by atoms with Crippen molar-refractivity contribution in [2.45, 2.75) is 38.0 Å². The van der Waals surface area contributed by atoms with Gasteiger partial charge >= 0.3 is 0 Å². The molecule has 7 heteroatoms. The summed E-state index contributed by atoms with van der Waals surface area (Å²) < 4.78 is 7.17. The lowest BCUT2D eigenvalue weighted by atomic mass is 9.97. The molecule has 1 aliphatic heterocycles. The van der Waals surface area contributed by atoms with E-state index in [4.69, 9.17) is 16.3 Å². The summed E-state index contributed by atoms with van der Waals surface area (Å²) in [5, 5.41) is 13.9. The summed E-state index contributed by atoms with van der Waals surface area (Å²) in [5.74, 6) is 0.757. The number of carbonyl (C=O) groups excluding carboxylic acids is 1. The molecule has 0 radical (unpaired) electrons. The van der Waals surface area contributed by atoms with Crippen LogP contribution in [0.5, 0.6) is 5.75 Å². The van der Waals surface area contributed by atoms with Gasteiger partial charge in [-0.1, -0.05) is 17.7 Å². The predicted molar refractivity (Wildman–Crippen MR) is 113 cm³/mol. The van der Waals surface area contributed by atoms with Crippen LogP contribution < -0.4 is 10.1 Å². The van der Waals surface area contributed by atoms with Gasteiger partial charge in [-0.25, -0.2) is 4.98 Å². The van der Waals surface area contributed by atoms with Gasteiger partial charge in [0.2, 0.25) is 0 Å². The van der Waals surface area contributed by atoms with Crippen LogP contribution >= 0.6 is 11.6 Å². The Morgan fingerprint density at radius 2 is 2.17 bits per heavy atom. The third-order valence-corrected chi connectivity index (χ3v) is 5.62. The van der Waals surface area contributed by atoms with E-state index in [1.54, 1.807) is 19.5 Å². The minimum absolute atomic E-state index is 0.0672. The molecule has 0 spiro atoms. The highest BCUT2D eigenvalue weighted by Crippen LogP contribution is 2.30. The third-order valence-electron chi connectivity index (χ3n) is 5.40. The first-order valence-electron chi connectivity index (χ1n) is 9.76. The molecular weight excluding hydrogens is 390 g/mol. The van der Waals surface area contributed by atoms with Crippen molar-refractivity contribution in [3.05, 3.63) is 47.7 Å². The van der Waals surface area contributed by atoms with E-state index in [2.05, 4.69) is 10.3 Å². The summed E-state index contributed by atoms with van der Waals surface area (Å²) in [6.45, 7) is 1.07. The molecule has 4 rings (SSSR count). The molecule has 1 aromatic heterocycles. The zero-order chi connectivity index (χ0) is 20.4. The molecule has 1 aliphatic rings. The average molecular weight is 414 g/mol. The normalized spacial score (nSPS) is 19.4. The number of halogens is 1. The Hall–Kier alpha value is -2.41. The van der Waals surface area contributed by atoms with Crippen LogP contribution in [-0.4, -0.2) is 46.2 Å². The minimum Gasteiger partial charge on any atom is -0.497 e. The highest BCUT2D eigenvalue weighted by Gasteiger charge is 2.25. The first-order chi connectivity index (χ1) is 14.0. The predicted octanol–water partition coefficient (Wildman–Crippen LogP) is 3.44. The number of aliphatic hydroxyl groups is 1. The van der Waals surface area contributed by atoms with Crippen LogP contribution in [0.25, 0.3) is 22.2 Å². The zero-order valence-corrected chi connectivity index (χ0v) is 17.0. The second kappa shape index (κ2) is 8.53. The van der Waals surface area contributed by atoms with Crippen molar-refractivity contribution < 1.29 is 14.6 Å². The van der Waals surface area contributed by atoms with Gasteiger partial charge in [0.1, 0.15) is 5.75 Å². The fourth-order valence-electron chi connectivity index (χ4n) is 3.85. The van der Waals surface area contributed by atoms with E-state index in [-0.39, 0.29) is 18.4 Å². The van der Waals surface area contributed by atoms with Crippen molar-refractivity contribution in [2.24, 2.45) is 0 Å². The van der Waals surface area contributed by atoms with Gasteiger partial charge in [-0.15, -0.1) is 0 Å². The molecule has 2 N–H and O–H groups in total. The molecule has 2 heterocycles. The van der Waals surface area contributed by atoms with Crippen LogP contribution in [-0.2, 0) is 11.3 Å². The monoisotopic (exact) mass is 413 g/mol. The quantitative estimate of drug-likeness (QED) is 0.647. The number of aromatic nitrogens is 2. The number of ketones is 1. The second-order valence-corrected chi connectivity index (χ2v) is 7.91. The van der Waals surface area contributed by atoms with Gasteiger partial charge in [-0.3, -0.25) is 4.79 Å². The largest absolute Gasteiger partial charge is 0.497 e. The van der Waals surface area contributed by atoms with E-state index in [1.807, 2.05) is 34.9 Å². The lowest BCUT2D eigenvalue weighted by molar-refractivity contribution is -0.121. The number of hydrogen-bond acceptors (Lipinski definition) is 5. The number of imidazole rings is 1. The first-order valence-corrected chi connectivity index (χ1v) is 10.1. The Morgan fingerprint density at radius 3 is 2.97 bits per heavy atom. The number of benzene rings is 2. The number of aliphatic hydroxyl groups excluding tert-OH is 1. The third kappa shape index (κ3) is 4.45. The Morgan fingerprint density at radius 1 is 1.31 bits per heavy atom. The smallest absolute Gasteiger partial charge is 0.154 e. The van der Waals surface area contributed by atoms with Crippen LogP contribution in [0, 0.1) is 0 Å². The molecule has 0 bridgehead atoms. The van der Waals surface area contributed by atoms with E-state index in [1.165, 1.54) is 0 Å². The highest BCUT2D eigenvalue weighted by molar-refractivity contribution is 6.31. The van der Waals surface area contributed by atoms with Gasteiger partial charge < -0.3 is 19.7 Å². The van der Waals surface area contributed by atoms with Crippen LogP contribution in [0.15, 0.2) is 42.7 Å². The zero-order valence-electron chi connectivity index (χ0n) is 16.3. The summed E-state index contributed by atoms with van der Waals surface area (Å²) >= 11 is 6.21. The number of piperidine rings is 1. The van der Waals surface area contributed by atoms with Gasteiger partial charge in [-0.2, -0.15) is 0 Å². The highest BCUT2D eigenvalue weighted by atomic mass is 35.5. The summed E-state index contributed by atoms with van der Waals surface area (Å²) in [4.78, 5) is 17.0. The molecule has 152 valence electrons. The van der Waals surface area contributed by atoms with Crippen molar-refractivity contribution in [1.29, 1.82) is 0 Å². The lowest BCUT2D eigenvalue weighted by Gasteiger charge is -2.28. The Balaban J connectivity index is 1.57. The van der Waals surface area contributed by atoms with E-state index in [9.17, 15) is 9.90 Å². The summed E-state index contributed by atoms with van der Waals surface area (Å²) in [7, 11) is 1.61. The fourth-order valence-corrected chi connectivity index (χ4v) is 4.08. The topological polar surface area (TPSA) is 76.4 Å². The second-order valence-electron chi connectivity index (χ2n) is 7.47. The number of methoxy groups -OCH3 is 1. The number of nitrogens with zero attached hydrogens (tertiary/aromatic N) is 2. The molecule has 0 unspecified atom stereocenters. The molecular formula is C22H24ClN3O3. The maximum absolute atomic E-state index is 12.6. The summed E-state index contributed by atoms with van der Waals surface area (Å²) in [6.07, 6.45) is 3.22. The molecule has 1 fully saturated rings. The Kier molecular flexibility index (Phi) is 5.85. The van der Waals surface area contributed by atoms with Gasteiger partial charge in [0.25, 0.3) is 0 Å². The number of fused-ring (bicyclic) bond motifs is 1. The summed E-state index contributed by atoms with van der Waals surface area (Å²) in [6, 6.07) is 11.3. The molecule has 0 amide bonds. The van der Waals surface area contributed by atoms with Crippen molar-refractivity contribution in [1.82, 2.24) is 14.9 Å². The standard InChI is InChI=1S/C22H24ClN3O3/c1-29-18-8-15(7-16(23)10-18)14-4-5-19-21(9-14)26(13-25-19)12-17(27)11-20-22(28)3-2-6-24-20/h4-5,7-10,13,20,22,24,28H,2-3,6,11-12H2,1H3/t20-,22+/m1/s1. The van der Waals surface area contributed by atoms with Crippen molar-refractivity contribution in [3.8, 4) is 16.9 Å². The van der Waals surface area contributed by atoms with E-state index in [0.29, 0.717) is 17.2 Å². The number of hydrogen-bond donors (Lipinski definition) is 2.